The lowest BCUT2D eigenvalue weighted by molar-refractivity contribution is 0.824. The summed E-state index contributed by atoms with van der Waals surface area (Å²) in [5.74, 6) is 0. The Morgan fingerprint density at radius 1 is 1.00 bits per heavy atom. The summed E-state index contributed by atoms with van der Waals surface area (Å²) < 4.78 is 0. The van der Waals surface area contributed by atoms with Crippen LogP contribution < -0.4 is 6.15 Å². The van der Waals surface area contributed by atoms with Gasteiger partial charge in [-0.15, -0.1) is 0 Å². The van der Waals surface area contributed by atoms with Gasteiger partial charge in [-0.3, -0.25) is 0 Å². The molecule has 27 valence electrons. The fraction of sp³-hybridized carbons (Fsp3) is 0. The van der Waals surface area contributed by atoms with Crippen LogP contribution >= 0.6 is 13.5 Å². The fourth-order valence-electron chi connectivity index (χ4n) is 0. The molecule has 3 radical (unpaired) electrons. The van der Waals surface area contributed by atoms with E-state index in [9.17, 15) is 0 Å². The van der Waals surface area contributed by atoms with Gasteiger partial charge in [-0.2, -0.15) is 13.5 Å². The number of hydrogen-bond donors (Lipinski definition) is 1. The van der Waals surface area contributed by atoms with Gasteiger partial charge in [0.1, 0.15) is 0 Å². The average molecular weight is 79.9 g/mol. The van der Waals surface area contributed by atoms with Crippen molar-refractivity contribution in [1.82, 2.24) is 6.15 Å². The molecule has 0 heterocycles. The van der Waals surface area contributed by atoms with Crippen molar-refractivity contribution in [3.63, 3.8) is 0 Å². The minimum atomic E-state index is 0. The molecule has 0 aliphatic heterocycles. The topological polar surface area (TPSA) is 66.5 Å². The van der Waals surface area contributed by atoms with Gasteiger partial charge >= 0.3 is 0 Å². The molecule has 0 rings (SSSR count). The molecule has 4 heteroatoms. The van der Waals surface area contributed by atoms with Crippen molar-refractivity contribution in [2.45, 2.75) is 0 Å². The molecule has 0 amide bonds. The SMILES string of the molecule is N.O.S.[B]. The molecule has 0 bridgehead atoms. The summed E-state index contributed by atoms with van der Waals surface area (Å²) in [7, 11) is 0. The molecule has 0 aromatic carbocycles. The Morgan fingerprint density at radius 3 is 1.00 bits per heavy atom. The lowest BCUT2D eigenvalue weighted by Crippen LogP contribution is -0.481. The van der Waals surface area contributed by atoms with Gasteiger partial charge in [0.05, 0.1) is 0 Å². The first-order valence-corrected chi connectivity index (χ1v) is 0. The van der Waals surface area contributed by atoms with E-state index in [0.29, 0.717) is 0 Å². The Labute approximate surface area is 34.5 Å². The highest BCUT2D eigenvalue weighted by atomic mass is 32.1. The highest BCUT2D eigenvalue weighted by molar-refractivity contribution is 7.59. The average Bonchev–Trinajstić information content (AvgIpc) is 0. The van der Waals surface area contributed by atoms with Crippen LogP contribution in [0.25, 0.3) is 0 Å². The van der Waals surface area contributed by atoms with Crippen LogP contribution in [0.5, 0.6) is 0 Å². The van der Waals surface area contributed by atoms with Crippen LogP contribution in [-0.2, 0) is 0 Å². The van der Waals surface area contributed by atoms with Crippen molar-refractivity contribution in [1.29, 1.82) is 0 Å². The normalized spacial score (nSPS) is 0. The van der Waals surface area contributed by atoms with E-state index in [0.717, 1.165) is 0 Å². The minimum absolute atomic E-state index is 0. The van der Waals surface area contributed by atoms with E-state index in [4.69, 9.17) is 0 Å². The molecular formula is H7BNOS. The van der Waals surface area contributed by atoms with Crippen LogP contribution in [0.15, 0.2) is 0 Å². The summed E-state index contributed by atoms with van der Waals surface area (Å²) in [5, 5.41) is 0. The Hall–Kier alpha value is 0.335. The zero-order valence-corrected chi connectivity index (χ0v) is 3.28. The monoisotopic (exact) mass is 80.0 g/mol. The molecule has 0 atom stereocenters. The van der Waals surface area contributed by atoms with Crippen molar-refractivity contribution in [3.8, 4) is 0 Å². The van der Waals surface area contributed by atoms with Crippen LogP contribution in [0.1, 0.15) is 0 Å². The van der Waals surface area contributed by atoms with Crippen molar-refractivity contribution in [2.24, 2.45) is 0 Å². The lowest BCUT2D eigenvalue weighted by atomic mass is 10.8. The zero-order chi connectivity index (χ0) is 0. The Kier molecular flexibility index (Phi) is 17400. The van der Waals surface area contributed by atoms with E-state index in [-0.39, 0.29) is 33.5 Å². The van der Waals surface area contributed by atoms with Crippen molar-refractivity contribution < 1.29 is 5.48 Å². The Bertz CT molecular complexity index is 8.00. The first-order valence-electron chi connectivity index (χ1n) is 0. The molecule has 4 heavy (non-hydrogen) atoms. The third-order valence-corrected chi connectivity index (χ3v) is 0. The first kappa shape index (κ1) is 430. The van der Waals surface area contributed by atoms with E-state index in [2.05, 4.69) is 0 Å². The fourth-order valence-corrected chi connectivity index (χ4v) is 0. The minimum Gasteiger partial charge on any atom is -0.412 e. The van der Waals surface area contributed by atoms with Gasteiger partial charge in [0.15, 0.2) is 0 Å². The molecule has 0 spiro atoms. The van der Waals surface area contributed by atoms with E-state index in [1.807, 2.05) is 0 Å². The van der Waals surface area contributed by atoms with Crippen molar-refractivity contribution >= 4 is 21.9 Å². The molecule has 0 aliphatic rings. The van der Waals surface area contributed by atoms with Gasteiger partial charge in [0, 0.05) is 8.41 Å². The molecular weight excluding hydrogens is 72.9 g/mol. The second kappa shape index (κ2) is 162. The van der Waals surface area contributed by atoms with Crippen LogP contribution in [0.2, 0.25) is 0 Å². The summed E-state index contributed by atoms with van der Waals surface area (Å²) in [6.45, 7) is 0. The van der Waals surface area contributed by atoms with Gasteiger partial charge < -0.3 is 11.6 Å². The molecule has 5 N–H and O–H groups in total. The van der Waals surface area contributed by atoms with Crippen LogP contribution in [-0.4, -0.2) is 13.9 Å². The Morgan fingerprint density at radius 2 is 1.00 bits per heavy atom. The van der Waals surface area contributed by atoms with Gasteiger partial charge in [-0.25, -0.2) is 0 Å². The van der Waals surface area contributed by atoms with Gasteiger partial charge in [0.2, 0.25) is 0 Å². The maximum Gasteiger partial charge on any atom is 0 e. The van der Waals surface area contributed by atoms with Crippen molar-refractivity contribution in [3.05, 3.63) is 0 Å². The molecule has 0 aromatic rings. The zero-order valence-electron chi connectivity index (χ0n) is 2.28. The van der Waals surface area contributed by atoms with Gasteiger partial charge in [0.25, 0.3) is 0 Å². The van der Waals surface area contributed by atoms with E-state index < -0.39 is 0 Å². The standard InChI is InChI=1S/B.H3N.H2O.H2S/h;1H3;2*1H2. The van der Waals surface area contributed by atoms with E-state index in [1.165, 1.54) is 0 Å². The maximum atomic E-state index is 0. The van der Waals surface area contributed by atoms with Crippen molar-refractivity contribution in [2.75, 3.05) is 0 Å². The first-order chi connectivity index (χ1) is 0. The van der Waals surface area contributed by atoms with E-state index in [1.54, 1.807) is 0 Å². The highest BCUT2D eigenvalue weighted by Gasteiger charge is 0.0000105. The van der Waals surface area contributed by atoms with Crippen LogP contribution in [0.3, 0.4) is 0 Å². The quantitative estimate of drug-likeness (QED) is 0.375. The summed E-state index contributed by atoms with van der Waals surface area (Å²) in [6, 6.07) is 0. The third-order valence-electron chi connectivity index (χ3n) is 0. The number of hydrogen-bond acceptors (Lipinski definition) is 1. The molecule has 0 saturated heterocycles. The molecule has 2 nitrogen and oxygen atoms in total. The molecule has 0 saturated carbocycles. The molecule has 0 fully saturated rings. The van der Waals surface area contributed by atoms with Crippen LogP contribution in [0, 0.1) is 0 Å². The largest absolute Gasteiger partial charge is 0.412 e. The van der Waals surface area contributed by atoms with Crippen LogP contribution in [0.4, 0.5) is 0 Å². The summed E-state index contributed by atoms with van der Waals surface area (Å²) in [4.78, 5) is 0. The highest BCUT2D eigenvalue weighted by Crippen LogP contribution is 0.648. The molecule has 0 unspecified atom stereocenters. The third kappa shape index (κ3) is 37.1. The lowest BCUT2D eigenvalue weighted by Gasteiger charge is -0.412. The van der Waals surface area contributed by atoms with E-state index >= 15 is 0 Å². The summed E-state index contributed by atoms with van der Waals surface area (Å²) in [5.41, 5.74) is 0. The smallest absolute Gasteiger partial charge is 0 e. The number of rotatable bonds is 0. The van der Waals surface area contributed by atoms with Gasteiger partial charge in [-0.05, 0) is 0 Å². The predicted octanol–water partition coefficient (Wildman–Crippen LogP) is -0.931. The molecule has 0 aliphatic carbocycles. The predicted molar refractivity (Wildman–Crippen MR) is 24.8 cm³/mol. The second-order valence-electron chi connectivity index (χ2n) is 0. The Balaban J connectivity index is 0. The van der Waals surface area contributed by atoms with Gasteiger partial charge in [-0.1, -0.05) is 0 Å². The molecule has 0 aromatic heterocycles. The maximum absolute atomic E-state index is 0. The summed E-state index contributed by atoms with van der Waals surface area (Å²) >= 11 is 0. The summed E-state index contributed by atoms with van der Waals surface area (Å²) in [6.07, 6.45) is 0. The second-order valence-corrected chi connectivity index (χ2v) is 0.